The highest BCUT2D eigenvalue weighted by molar-refractivity contribution is 5.95. The minimum Gasteiger partial charge on any atom is -0.497 e. The smallest absolute Gasteiger partial charge is 0.118 e. The lowest BCUT2D eigenvalue weighted by Gasteiger charge is -2.34. The number of para-hydroxylation sites is 1. The van der Waals surface area contributed by atoms with Crippen LogP contribution in [0.3, 0.4) is 0 Å². The van der Waals surface area contributed by atoms with Crippen LogP contribution in [0.1, 0.15) is 45.6 Å². The van der Waals surface area contributed by atoms with Gasteiger partial charge in [-0.25, -0.2) is 4.68 Å². The van der Waals surface area contributed by atoms with Gasteiger partial charge in [-0.05, 0) is 67.0 Å². The van der Waals surface area contributed by atoms with Crippen LogP contribution in [0.15, 0.2) is 71.0 Å². The monoisotopic (exact) mass is 426 g/mol. The van der Waals surface area contributed by atoms with Crippen molar-refractivity contribution >= 4 is 11.9 Å². The van der Waals surface area contributed by atoms with Gasteiger partial charge >= 0.3 is 0 Å². The van der Waals surface area contributed by atoms with Crippen molar-refractivity contribution in [1.29, 1.82) is 0 Å². The molecule has 2 atom stereocenters. The fraction of sp³-hybridized carbons (Fsp3) is 0.370. The predicted octanol–water partition coefficient (Wildman–Crippen LogP) is 6.17. The van der Waals surface area contributed by atoms with Gasteiger partial charge in [0.05, 0.1) is 19.0 Å². The van der Waals surface area contributed by atoms with E-state index in [4.69, 9.17) is 14.9 Å². The maximum atomic E-state index is 5.31. The molecule has 164 valence electrons. The van der Waals surface area contributed by atoms with Gasteiger partial charge in [-0.15, -0.1) is 0 Å². The molecule has 0 amide bonds. The molecule has 3 aromatic rings. The zero-order valence-corrected chi connectivity index (χ0v) is 19.2. The Bertz CT molecular complexity index is 1170. The highest BCUT2D eigenvalue weighted by atomic mass is 16.5. The van der Waals surface area contributed by atoms with Crippen molar-refractivity contribution in [3.05, 3.63) is 66.4 Å². The molecule has 0 unspecified atom stereocenters. The molecule has 2 aromatic carbocycles. The zero-order chi connectivity index (χ0) is 22.3. The van der Waals surface area contributed by atoms with Gasteiger partial charge in [0.15, 0.2) is 0 Å². The van der Waals surface area contributed by atoms with Crippen LogP contribution >= 0.6 is 0 Å². The molecule has 2 saturated carbocycles. The second-order valence-electron chi connectivity index (χ2n) is 9.73. The fourth-order valence-electron chi connectivity index (χ4n) is 5.41. The van der Waals surface area contributed by atoms with Gasteiger partial charge in [0.2, 0.25) is 0 Å². The standard InChI is InChI=1S/C27H30N4O/c1-26(2)21-14-15-27(26,3)24(16-21)29-28-17-20-18-31(22-8-6-5-7-9-22)30-25(20)19-10-12-23(32-4)13-11-19/h5-13,17-18,21H,14-16H2,1-4H3/b28-17-,29-24-/t21-,27-/m0/s1. The van der Waals surface area contributed by atoms with Crippen LogP contribution < -0.4 is 4.74 Å². The van der Waals surface area contributed by atoms with Crippen LogP contribution in [0.4, 0.5) is 0 Å². The first-order valence-electron chi connectivity index (χ1n) is 11.3. The van der Waals surface area contributed by atoms with Gasteiger partial charge < -0.3 is 4.74 Å². The van der Waals surface area contributed by atoms with E-state index in [1.54, 1.807) is 7.11 Å². The number of benzene rings is 2. The number of ether oxygens (including phenoxy) is 1. The molecule has 32 heavy (non-hydrogen) atoms. The fourth-order valence-corrected chi connectivity index (χ4v) is 5.41. The van der Waals surface area contributed by atoms with Crippen LogP contribution in [0.2, 0.25) is 0 Å². The number of aromatic nitrogens is 2. The molecule has 0 radical (unpaired) electrons. The lowest BCUT2D eigenvalue weighted by molar-refractivity contribution is 0.194. The van der Waals surface area contributed by atoms with Gasteiger partial charge in [0.1, 0.15) is 11.4 Å². The quantitative estimate of drug-likeness (QED) is 0.362. The molecule has 2 fully saturated rings. The first-order chi connectivity index (χ1) is 15.4. The summed E-state index contributed by atoms with van der Waals surface area (Å²) in [5, 5.41) is 14.2. The Morgan fingerprint density at radius 1 is 1.06 bits per heavy atom. The molecule has 2 aliphatic rings. The molecule has 0 spiro atoms. The highest BCUT2D eigenvalue weighted by Gasteiger charge is 2.59. The van der Waals surface area contributed by atoms with Crippen molar-refractivity contribution in [3.8, 4) is 22.7 Å². The first-order valence-corrected chi connectivity index (χ1v) is 11.3. The maximum Gasteiger partial charge on any atom is 0.118 e. The number of fused-ring (bicyclic) bond motifs is 2. The SMILES string of the molecule is COc1ccc(-c2nn(-c3ccccc3)cc2/C=N\N=C2\C[C@@H]3CC[C@]2(C)C3(C)C)cc1. The largest absolute Gasteiger partial charge is 0.497 e. The molecule has 2 aliphatic carbocycles. The van der Waals surface area contributed by atoms with Crippen LogP contribution in [0.5, 0.6) is 5.75 Å². The lowest BCUT2D eigenvalue weighted by Crippen LogP contribution is -2.32. The molecule has 0 saturated heterocycles. The first kappa shape index (κ1) is 20.7. The number of methoxy groups -OCH3 is 1. The average molecular weight is 427 g/mol. The second-order valence-corrected chi connectivity index (χ2v) is 9.73. The van der Waals surface area contributed by atoms with E-state index >= 15 is 0 Å². The van der Waals surface area contributed by atoms with Gasteiger partial charge in [-0.2, -0.15) is 15.3 Å². The van der Waals surface area contributed by atoms with E-state index in [0.29, 0.717) is 5.41 Å². The Kier molecular flexibility index (Phi) is 5.00. The third-order valence-corrected chi connectivity index (χ3v) is 8.01. The molecular weight excluding hydrogens is 396 g/mol. The second kappa shape index (κ2) is 7.73. The van der Waals surface area contributed by atoms with Crippen molar-refractivity contribution in [1.82, 2.24) is 9.78 Å². The van der Waals surface area contributed by atoms with Crippen LogP contribution in [0.25, 0.3) is 16.9 Å². The summed E-state index contributed by atoms with van der Waals surface area (Å²) in [6.07, 6.45) is 7.45. The minimum absolute atomic E-state index is 0.155. The summed E-state index contributed by atoms with van der Waals surface area (Å²) in [6, 6.07) is 18.1. The Morgan fingerprint density at radius 2 is 1.81 bits per heavy atom. The normalized spacial score (nSPS) is 25.1. The third kappa shape index (κ3) is 3.27. The summed E-state index contributed by atoms with van der Waals surface area (Å²) in [7, 11) is 1.67. The van der Waals surface area contributed by atoms with Gasteiger partial charge in [0, 0.05) is 28.5 Å². The van der Waals surface area contributed by atoms with Crippen molar-refractivity contribution < 1.29 is 4.74 Å². The molecule has 5 nitrogen and oxygen atoms in total. The number of nitrogens with zero attached hydrogens (tertiary/aromatic N) is 4. The van der Waals surface area contributed by atoms with Crippen molar-refractivity contribution in [2.45, 2.75) is 40.0 Å². The molecule has 0 aliphatic heterocycles. The minimum atomic E-state index is 0.155. The van der Waals surface area contributed by atoms with E-state index < -0.39 is 0 Å². The molecule has 1 aromatic heterocycles. The summed E-state index contributed by atoms with van der Waals surface area (Å²) in [5.74, 6) is 1.54. The molecule has 2 bridgehead atoms. The van der Waals surface area contributed by atoms with Crippen molar-refractivity contribution in [2.75, 3.05) is 7.11 Å². The highest BCUT2D eigenvalue weighted by Crippen LogP contribution is 2.64. The number of hydrogen-bond acceptors (Lipinski definition) is 4. The van der Waals surface area contributed by atoms with Crippen LogP contribution in [-0.4, -0.2) is 28.8 Å². The molecule has 0 N–H and O–H groups in total. The van der Waals surface area contributed by atoms with E-state index in [2.05, 4.69) is 25.9 Å². The Morgan fingerprint density at radius 3 is 2.44 bits per heavy atom. The maximum absolute atomic E-state index is 5.31. The van der Waals surface area contributed by atoms with Gasteiger partial charge in [-0.1, -0.05) is 39.0 Å². The molecule has 5 heteroatoms. The van der Waals surface area contributed by atoms with Crippen LogP contribution in [0, 0.1) is 16.7 Å². The average Bonchev–Trinajstić information content (AvgIpc) is 3.39. The van der Waals surface area contributed by atoms with Gasteiger partial charge in [-0.3, -0.25) is 0 Å². The summed E-state index contributed by atoms with van der Waals surface area (Å²) in [4.78, 5) is 0. The number of rotatable bonds is 5. The number of hydrogen-bond donors (Lipinski definition) is 0. The van der Waals surface area contributed by atoms with E-state index in [1.165, 1.54) is 18.6 Å². The van der Waals surface area contributed by atoms with E-state index in [0.717, 1.165) is 40.6 Å². The molecular formula is C27H30N4O. The summed E-state index contributed by atoms with van der Waals surface area (Å²) in [5.41, 5.74) is 5.54. The Hall–Kier alpha value is -3.21. The van der Waals surface area contributed by atoms with Crippen molar-refractivity contribution in [2.24, 2.45) is 27.0 Å². The topological polar surface area (TPSA) is 51.8 Å². The van der Waals surface area contributed by atoms with E-state index in [9.17, 15) is 0 Å². The Balaban J connectivity index is 1.50. The molecule has 1 heterocycles. The van der Waals surface area contributed by atoms with Crippen molar-refractivity contribution in [3.63, 3.8) is 0 Å². The lowest BCUT2D eigenvalue weighted by atomic mass is 9.70. The van der Waals surface area contributed by atoms with Gasteiger partial charge in [0.25, 0.3) is 0 Å². The summed E-state index contributed by atoms with van der Waals surface area (Å²) >= 11 is 0. The predicted molar refractivity (Wildman–Crippen MR) is 130 cm³/mol. The zero-order valence-electron chi connectivity index (χ0n) is 19.2. The third-order valence-electron chi connectivity index (χ3n) is 8.01. The summed E-state index contributed by atoms with van der Waals surface area (Å²) < 4.78 is 7.21. The van der Waals surface area contributed by atoms with E-state index in [-0.39, 0.29) is 5.41 Å². The Labute approximate surface area is 189 Å². The molecule has 5 rings (SSSR count). The van der Waals surface area contributed by atoms with Crippen LogP contribution in [-0.2, 0) is 0 Å². The van der Waals surface area contributed by atoms with E-state index in [1.807, 2.05) is 71.7 Å². The summed E-state index contributed by atoms with van der Waals surface area (Å²) in [6.45, 7) is 7.15.